The van der Waals surface area contributed by atoms with Crippen molar-refractivity contribution in [2.24, 2.45) is 5.73 Å². The third-order valence-corrected chi connectivity index (χ3v) is 2.98. The van der Waals surface area contributed by atoms with Crippen LogP contribution in [-0.2, 0) is 5.75 Å². The number of ketones is 1. The van der Waals surface area contributed by atoms with Gasteiger partial charge >= 0.3 is 0 Å². The van der Waals surface area contributed by atoms with Gasteiger partial charge in [-0.1, -0.05) is 11.8 Å². The standard InChI is InChI=1S/C13H18N2O2S.ClH/c1-8(2)17-12-5-4-10(9(3)16)6-11(12)7-18-13(14)15;/h4-6,8H,7H2,1-3H3,(H3,14,15);1H. The molecule has 0 aromatic heterocycles. The van der Waals surface area contributed by atoms with Gasteiger partial charge in [-0.15, -0.1) is 12.4 Å². The Morgan fingerprint density at radius 1 is 1.47 bits per heavy atom. The first-order chi connectivity index (χ1) is 8.40. The molecule has 0 aliphatic carbocycles. The van der Waals surface area contributed by atoms with Crippen LogP contribution in [0, 0.1) is 5.41 Å². The van der Waals surface area contributed by atoms with Gasteiger partial charge in [0.15, 0.2) is 11.0 Å². The number of ether oxygens (including phenoxy) is 1. The highest BCUT2D eigenvalue weighted by molar-refractivity contribution is 8.13. The maximum absolute atomic E-state index is 11.4. The van der Waals surface area contributed by atoms with Gasteiger partial charge in [0.2, 0.25) is 0 Å². The summed E-state index contributed by atoms with van der Waals surface area (Å²) in [4.78, 5) is 11.4. The second-order valence-corrected chi connectivity index (χ2v) is 5.22. The largest absolute Gasteiger partial charge is 0.491 e. The molecule has 1 aromatic carbocycles. The SMILES string of the molecule is CC(=O)c1ccc(OC(C)C)c(CSC(=N)N)c1.Cl. The zero-order valence-corrected chi connectivity index (χ0v) is 12.9. The third-order valence-electron chi connectivity index (χ3n) is 2.21. The summed E-state index contributed by atoms with van der Waals surface area (Å²) in [6.07, 6.45) is 0.0641. The van der Waals surface area contributed by atoms with Gasteiger partial charge in [0.05, 0.1) is 6.10 Å². The first-order valence-electron chi connectivity index (χ1n) is 5.67. The number of rotatable bonds is 5. The van der Waals surface area contributed by atoms with Crippen molar-refractivity contribution in [2.75, 3.05) is 0 Å². The molecule has 19 heavy (non-hydrogen) atoms. The molecule has 4 nitrogen and oxygen atoms in total. The minimum atomic E-state index is 0. The van der Waals surface area contributed by atoms with E-state index in [9.17, 15) is 4.79 Å². The zero-order chi connectivity index (χ0) is 13.7. The molecule has 0 amide bonds. The monoisotopic (exact) mass is 302 g/mol. The second-order valence-electron chi connectivity index (χ2n) is 4.20. The van der Waals surface area contributed by atoms with Gasteiger partial charge in [0, 0.05) is 16.9 Å². The van der Waals surface area contributed by atoms with Crippen molar-refractivity contribution >= 4 is 35.1 Å². The van der Waals surface area contributed by atoms with Crippen LogP contribution in [0.1, 0.15) is 36.7 Å². The van der Waals surface area contributed by atoms with Crippen LogP contribution < -0.4 is 10.5 Å². The number of hydrogen-bond donors (Lipinski definition) is 2. The number of halogens is 1. The molecule has 0 aliphatic rings. The molecule has 0 radical (unpaired) electrons. The van der Waals surface area contributed by atoms with Crippen molar-refractivity contribution in [3.05, 3.63) is 29.3 Å². The van der Waals surface area contributed by atoms with Gasteiger partial charge in [-0.2, -0.15) is 0 Å². The minimum Gasteiger partial charge on any atom is -0.491 e. The maximum Gasteiger partial charge on any atom is 0.159 e. The summed E-state index contributed by atoms with van der Waals surface area (Å²) in [7, 11) is 0. The summed E-state index contributed by atoms with van der Waals surface area (Å²) < 4.78 is 5.68. The van der Waals surface area contributed by atoms with Crippen molar-refractivity contribution in [3.8, 4) is 5.75 Å². The Labute approximate surface area is 124 Å². The molecule has 0 saturated carbocycles. The molecule has 6 heteroatoms. The molecule has 0 bridgehead atoms. The van der Waals surface area contributed by atoms with E-state index in [2.05, 4.69) is 0 Å². The summed E-state index contributed by atoms with van der Waals surface area (Å²) in [5.41, 5.74) is 6.86. The molecule has 0 unspecified atom stereocenters. The molecule has 0 heterocycles. The number of carbonyl (C=O) groups excluding carboxylic acids is 1. The number of hydrogen-bond acceptors (Lipinski definition) is 4. The van der Waals surface area contributed by atoms with Gasteiger partial charge in [-0.25, -0.2) is 0 Å². The van der Waals surface area contributed by atoms with E-state index in [1.807, 2.05) is 13.8 Å². The lowest BCUT2D eigenvalue weighted by Gasteiger charge is -2.14. The summed E-state index contributed by atoms with van der Waals surface area (Å²) in [5, 5.41) is 7.28. The fourth-order valence-electron chi connectivity index (χ4n) is 1.44. The third kappa shape index (κ3) is 5.98. The highest BCUT2D eigenvalue weighted by Crippen LogP contribution is 2.26. The first-order valence-corrected chi connectivity index (χ1v) is 6.66. The van der Waals surface area contributed by atoms with Crippen molar-refractivity contribution in [1.82, 2.24) is 0 Å². The number of Topliss-reactive ketones (excluding diaryl/α,β-unsaturated/α-hetero) is 1. The first kappa shape index (κ1) is 17.8. The predicted molar refractivity (Wildman–Crippen MR) is 82.7 cm³/mol. The summed E-state index contributed by atoms with van der Waals surface area (Å²) in [6, 6.07) is 5.35. The van der Waals surface area contributed by atoms with Gasteiger partial charge in [0.1, 0.15) is 5.75 Å². The molecule has 3 N–H and O–H groups in total. The fourth-order valence-corrected chi connectivity index (χ4v) is 1.97. The van der Waals surface area contributed by atoms with Crippen LogP contribution in [0.5, 0.6) is 5.75 Å². The zero-order valence-electron chi connectivity index (χ0n) is 11.2. The summed E-state index contributed by atoms with van der Waals surface area (Å²) in [5.74, 6) is 1.28. The summed E-state index contributed by atoms with van der Waals surface area (Å²) >= 11 is 1.22. The van der Waals surface area contributed by atoms with Crippen LogP contribution in [0.3, 0.4) is 0 Å². The normalized spacial score (nSPS) is 9.89. The number of carbonyl (C=O) groups is 1. The van der Waals surface area contributed by atoms with E-state index < -0.39 is 0 Å². The predicted octanol–water partition coefficient (Wildman–Crippen LogP) is 3.22. The average Bonchev–Trinajstić information content (AvgIpc) is 2.26. The highest BCUT2D eigenvalue weighted by Gasteiger charge is 2.10. The molecule has 0 fully saturated rings. The minimum absolute atomic E-state index is 0. The highest BCUT2D eigenvalue weighted by atomic mass is 35.5. The van der Waals surface area contributed by atoms with Crippen molar-refractivity contribution in [1.29, 1.82) is 5.41 Å². The Morgan fingerprint density at radius 3 is 2.58 bits per heavy atom. The van der Waals surface area contributed by atoms with Crippen LogP contribution >= 0.6 is 24.2 Å². The van der Waals surface area contributed by atoms with Gasteiger partial charge in [-0.3, -0.25) is 10.2 Å². The topological polar surface area (TPSA) is 76.2 Å². The van der Waals surface area contributed by atoms with E-state index in [0.29, 0.717) is 11.3 Å². The number of benzene rings is 1. The van der Waals surface area contributed by atoms with Gasteiger partial charge in [0.25, 0.3) is 0 Å². The average molecular weight is 303 g/mol. The van der Waals surface area contributed by atoms with Gasteiger partial charge in [-0.05, 0) is 39.0 Å². The van der Waals surface area contributed by atoms with Crippen molar-refractivity contribution in [3.63, 3.8) is 0 Å². The Hall–Kier alpha value is -1.20. The van der Waals surface area contributed by atoms with Crippen molar-refractivity contribution < 1.29 is 9.53 Å². The van der Waals surface area contributed by atoms with Gasteiger partial charge < -0.3 is 10.5 Å². The molecule has 0 aliphatic heterocycles. The molecule has 0 atom stereocenters. The van der Waals surface area contributed by atoms with E-state index in [4.69, 9.17) is 15.9 Å². The van der Waals surface area contributed by atoms with Crippen LogP contribution in [-0.4, -0.2) is 17.1 Å². The van der Waals surface area contributed by atoms with E-state index >= 15 is 0 Å². The maximum atomic E-state index is 11.4. The Balaban J connectivity index is 0.00000324. The van der Waals surface area contributed by atoms with E-state index in [1.54, 1.807) is 18.2 Å². The van der Waals surface area contributed by atoms with E-state index in [-0.39, 0.29) is 29.5 Å². The molecule has 0 spiro atoms. The molecular formula is C13H19ClN2O2S. The number of nitrogens with one attached hydrogen (secondary N) is 1. The van der Waals surface area contributed by atoms with Crippen LogP contribution in [0.15, 0.2) is 18.2 Å². The number of nitrogens with two attached hydrogens (primary N) is 1. The quantitative estimate of drug-likeness (QED) is 0.497. The Kier molecular flexibility index (Phi) is 7.56. The Morgan fingerprint density at radius 2 is 2.11 bits per heavy atom. The van der Waals surface area contributed by atoms with Crippen LogP contribution in [0.25, 0.3) is 0 Å². The van der Waals surface area contributed by atoms with Crippen molar-refractivity contribution in [2.45, 2.75) is 32.6 Å². The Bertz CT molecular complexity index is 464. The second kappa shape index (κ2) is 8.07. The molecule has 106 valence electrons. The molecule has 1 rings (SSSR count). The lowest BCUT2D eigenvalue weighted by atomic mass is 10.1. The van der Waals surface area contributed by atoms with Crippen LogP contribution in [0.2, 0.25) is 0 Å². The summed E-state index contributed by atoms with van der Waals surface area (Å²) in [6.45, 7) is 5.42. The van der Waals surface area contributed by atoms with E-state index in [1.165, 1.54) is 18.7 Å². The number of amidine groups is 1. The fraction of sp³-hybridized carbons (Fsp3) is 0.385. The smallest absolute Gasteiger partial charge is 0.159 e. The molecule has 1 aromatic rings. The lowest BCUT2D eigenvalue weighted by molar-refractivity contribution is 0.101. The molecular weight excluding hydrogens is 284 g/mol. The van der Waals surface area contributed by atoms with E-state index in [0.717, 1.165) is 11.3 Å². The number of thioether (sulfide) groups is 1. The lowest BCUT2D eigenvalue weighted by Crippen LogP contribution is -2.09. The molecule has 0 saturated heterocycles. The van der Waals surface area contributed by atoms with Crippen LogP contribution in [0.4, 0.5) is 0 Å².